The number of nitrogens with one attached hydrogen (secondary N) is 1. The molecule has 0 radical (unpaired) electrons. The number of urea groups is 1. The van der Waals surface area contributed by atoms with Crippen LogP contribution >= 0.6 is 0 Å². The first-order valence-electron chi connectivity index (χ1n) is 13.2. The van der Waals surface area contributed by atoms with Crippen molar-refractivity contribution in [1.29, 1.82) is 0 Å². The Hall–Kier alpha value is -3.95. The van der Waals surface area contributed by atoms with E-state index in [1.54, 1.807) is 12.4 Å². The van der Waals surface area contributed by atoms with E-state index in [0.29, 0.717) is 0 Å². The molecule has 3 heterocycles. The molecule has 1 N–H and O–H groups in total. The van der Waals surface area contributed by atoms with Crippen LogP contribution in [-0.2, 0) is 4.79 Å². The molecule has 0 saturated carbocycles. The lowest BCUT2D eigenvalue weighted by atomic mass is 9.69. The molecule has 7 nitrogen and oxygen atoms in total. The Labute approximate surface area is 231 Å². The predicted molar refractivity (Wildman–Crippen MR) is 145 cm³/mol. The van der Waals surface area contributed by atoms with E-state index in [2.05, 4.69) is 20.0 Å². The first-order chi connectivity index (χ1) is 18.7. The molecule has 1 aromatic carbocycles. The Bertz CT molecular complexity index is 1330. The molecule has 2 atom stereocenters. The Morgan fingerprint density at radius 2 is 1.27 bits per heavy atom. The third-order valence-corrected chi connectivity index (χ3v) is 7.56. The molecule has 3 amide bonds. The standard InChI is InChI=1S/C30H33F3N4O3/c1-17(2)25-15-21(11-13-34-25)19(5)29(20(6)22-12-14-35-26(16-22)18(3)4)27(38)37(28(39)36-29)23-7-9-24(10-8-23)40-30(31,32)33/h7-20H,1-6H3,(H,36,39). The second-order valence-corrected chi connectivity index (χ2v) is 10.8. The smallest absolute Gasteiger partial charge is 0.406 e. The van der Waals surface area contributed by atoms with E-state index < -0.39 is 41.4 Å². The molecule has 1 aliphatic rings. The van der Waals surface area contributed by atoms with Crippen LogP contribution in [0.2, 0.25) is 0 Å². The number of benzene rings is 1. The third kappa shape index (κ3) is 5.52. The summed E-state index contributed by atoms with van der Waals surface area (Å²) in [5.41, 5.74) is 2.08. The van der Waals surface area contributed by atoms with Crippen molar-refractivity contribution in [2.45, 2.75) is 77.1 Å². The van der Waals surface area contributed by atoms with Crippen LogP contribution < -0.4 is 15.0 Å². The number of halogens is 3. The number of aromatic nitrogens is 2. The number of nitrogens with zero attached hydrogens (tertiary/aromatic N) is 3. The fourth-order valence-electron chi connectivity index (χ4n) is 5.18. The molecule has 0 aliphatic carbocycles. The largest absolute Gasteiger partial charge is 0.573 e. The summed E-state index contributed by atoms with van der Waals surface area (Å²) in [5, 5.41) is 3.00. The van der Waals surface area contributed by atoms with Crippen molar-refractivity contribution in [3.8, 4) is 5.75 Å². The van der Waals surface area contributed by atoms with Crippen LogP contribution in [-0.4, -0.2) is 33.8 Å². The second-order valence-electron chi connectivity index (χ2n) is 10.8. The van der Waals surface area contributed by atoms with Gasteiger partial charge in [0.15, 0.2) is 0 Å². The van der Waals surface area contributed by atoms with Crippen LogP contribution in [0.25, 0.3) is 0 Å². The molecule has 10 heteroatoms. The molecular formula is C30H33F3N4O3. The quantitative estimate of drug-likeness (QED) is 0.303. The van der Waals surface area contributed by atoms with Crippen molar-refractivity contribution in [3.05, 3.63) is 83.4 Å². The van der Waals surface area contributed by atoms with Gasteiger partial charge in [0.05, 0.1) is 5.69 Å². The van der Waals surface area contributed by atoms with Gasteiger partial charge in [-0.25, -0.2) is 9.69 Å². The summed E-state index contributed by atoms with van der Waals surface area (Å²) in [7, 11) is 0. The van der Waals surface area contributed by atoms with Gasteiger partial charge in [-0.2, -0.15) is 0 Å². The van der Waals surface area contributed by atoms with E-state index in [-0.39, 0.29) is 17.5 Å². The van der Waals surface area contributed by atoms with E-state index in [0.717, 1.165) is 39.5 Å². The van der Waals surface area contributed by atoms with E-state index in [4.69, 9.17) is 0 Å². The summed E-state index contributed by atoms with van der Waals surface area (Å²) in [6, 6.07) is 11.6. The number of carbonyl (C=O) groups excluding carboxylic acids is 2. The number of hydrogen-bond acceptors (Lipinski definition) is 5. The molecule has 40 heavy (non-hydrogen) atoms. The molecule has 2 unspecified atom stereocenters. The van der Waals surface area contributed by atoms with Crippen LogP contribution in [0.15, 0.2) is 60.9 Å². The molecule has 4 rings (SSSR count). The van der Waals surface area contributed by atoms with E-state index in [9.17, 15) is 22.8 Å². The Kier molecular flexibility index (Phi) is 7.92. The molecule has 2 aromatic heterocycles. The number of amides is 3. The van der Waals surface area contributed by atoms with Gasteiger partial charge in [-0.15, -0.1) is 13.2 Å². The summed E-state index contributed by atoms with van der Waals surface area (Å²) < 4.78 is 41.9. The fraction of sp³-hybridized carbons (Fsp3) is 0.400. The lowest BCUT2D eigenvalue weighted by molar-refractivity contribution is -0.274. The van der Waals surface area contributed by atoms with Crippen molar-refractivity contribution >= 4 is 17.6 Å². The van der Waals surface area contributed by atoms with E-state index >= 15 is 0 Å². The van der Waals surface area contributed by atoms with Gasteiger partial charge in [-0.3, -0.25) is 14.8 Å². The SMILES string of the molecule is CC(C)c1cc(C(C)C2(C(C)c3ccnc(C(C)C)c3)NC(=O)N(c3ccc(OC(F)(F)F)cc3)C2=O)ccn1. The maximum absolute atomic E-state index is 14.4. The zero-order valence-corrected chi connectivity index (χ0v) is 23.3. The van der Waals surface area contributed by atoms with Crippen molar-refractivity contribution in [1.82, 2.24) is 15.3 Å². The number of pyridine rings is 2. The Morgan fingerprint density at radius 3 is 1.70 bits per heavy atom. The minimum atomic E-state index is -4.86. The molecule has 1 aliphatic heterocycles. The summed E-state index contributed by atoms with van der Waals surface area (Å²) in [6.07, 6.45) is -1.47. The van der Waals surface area contributed by atoms with Crippen LogP contribution in [0.3, 0.4) is 0 Å². The van der Waals surface area contributed by atoms with Gasteiger partial charge < -0.3 is 10.1 Å². The maximum Gasteiger partial charge on any atom is 0.573 e. The van der Waals surface area contributed by atoms with Crippen molar-refractivity contribution in [2.75, 3.05) is 4.90 Å². The van der Waals surface area contributed by atoms with Gasteiger partial charge in [-0.1, -0.05) is 41.5 Å². The average Bonchev–Trinajstić information content (AvgIpc) is 3.18. The first kappa shape index (κ1) is 29.0. The average molecular weight is 555 g/mol. The number of carbonyl (C=O) groups is 2. The highest BCUT2D eigenvalue weighted by atomic mass is 19.4. The zero-order chi connectivity index (χ0) is 29.4. The van der Waals surface area contributed by atoms with Crippen LogP contribution in [0.5, 0.6) is 5.75 Å². The molecule has 3 aromatic rings. The van der Waals surface area contributed by atoms with Gasteiger partial charge in [-0.05, 0) is 71.5 Å². The van der Waals surface area contributed by atoms with Gasteiger partial charge in [0.1, 0.15) is 11.3 Å². The number of rotatable bonds is 8. The van der Waals surface area contributed by atoms with Gasteiger partial charge in [0.2, 0.25) is 0 Å². The summed E-state index contributed by atoms with van der Waals surface area (Å²) in [5.74, 6) is -1.64. The molecule has 1 saturated heterocycles. The summed E-state index contributed by atoms with van der Waals surface area (Å²) in [4.78, 5) is 37.8. The van der Waals surface area contributed by atoms with Crippen molar-refractivity contribution < 1.29 is 27.5 Å². The van der Waals surface area contributed by atoms with Gasteiger partial charge in [0, 0.05) is 35.6 Å². The van der Waals surface area contributed by atoms with Crippen LogP contribution in [0, 0.1) is 0 Å². The molecule has 0 spiro atoms. The highest BCUT2D eigenvalue weighted by Crippen LogP contribution is 2.45. The minimum absolute atomic E-state index is 0.133. The van der Waals surface area contributed by atoms with Crippen LogP contribution in [0.1, 0.15) is 87.7 Å². The third-order valence-electron chi connectivity index (χ3n) is 7.56. The topological polar surface area (TPSA) is 84.4 Å². The van der Waals surface area contributed by atoms with Crippen molar-refractivity contribution in [3.63, 3.8) is 0 Å². The highest BCUT2D eigenvalue weighted by Gasteiger charge is 2.58. The minimum Gasteiger partial charge on any atom is -0.406 e. The normalized spacial score (nSPS) is 19.2. The maximum atomic E-state index is 14.4. The molecule has 1 fully saturated rings. The zero-order valence-electron chi connectivity index (χ0n) is 23.3. The molecule has 0 bridgehead atoms. The Morgan fingerprint density at radius 1 is 0.800 bits per heavy atom. The Balaban J connectivity index is 1.82. The van der Waals surface area contributed by atoms with Gasteiger partial charge in [0.25, 0.3) is 5.91 Å². The number of imide groups is 1. The molecular weight excluding hydrogens is 521 g/mol. The highest BCUT2D eigenvalue weighted by molar-refractivity contribution is 6.24. The summed E-state index contributed by atoms with van der Waals surface area (Å²) in [6.45, 7) is 11.9. The number of anilines is 1. The van der Waals surface area contributed by atoms with E-state index in [1.165, 1.54) is 12.1 Å². The van der Waals surface area contributed by atoms with Crippen LogP contribution in [0.4, 0.5) is 23.7 Å². The predicted octanol–water partition coefficient (Wildman–Crippen LogP) is 7.02. The lowest BCUT2D eigenvalue weighted by Gasteiger charge is -2.39. The fourth-order valence-corrected chi connectivity index (χ4v) is 5.18. The second kappa shape index (κ2) is 10.9. The molecule has 212 valence electrons. The van der Waals surface area contributed by atoms with E-state index in [1.807, 2.05) is 65.8 Å². The first-order valence-corrected chi connectivity index (χ1v) is 13.2. The lowest BCUT2D eigenvalue weighted by Crippen LogP contribution is -2.55. The number of alkyl halides is 3. The summed E-state index contributed by atoms with van der Waals surface area (Å²) >= 11 is 0. The monoisotopic (exact) mass is 554 g/mol. The number of ether oxygens (including phenoxy) is 1. The van der Waals surface area contributed by atoms with Crippen molar-refractivity contribution in [2.24, 2.45) is 0 Å². The number of hydrogen-bond donors (Lipinski definition) is 1. The van der Waals surface area contributed by atoms with Gasteiger partial charge >= 0.3 is 12.4 Å².